The number of aromatic nitrogens is 1. The van der Waals surface area contributed by atoms with Crippen molar-refractivity contribution < 1.29 is 9.53 Å². The van der Waals surface area contributed by atoms with Gasteiger partial charge in [0.1, 0.15) is 5.82 Å². The van der Waals surface area contributed by atoms with Crippen LogP contribution >= 0.6 is 0 Å². The van der Waals surface area contributed by atoms with Crippen LogP contribution in [0.3, 0.4) is 0 Å². The smallest absolute Gasteiger partial charge is 0.223 e. The van der Waals surface area contributed by atoms with Crippen molar-refractivity contribution in [2.24, 2.45) is 5.92 Å². The van der Waals surface area contributed by atoms with Gasteiger partial charge in [-0.25, -0.2) is 0 Å². The number of carbonyl (C=O) groups is 1. The molecule has 3 heterocycles. The summed E-state index contributed by atoms with van der Waals surface area (Å²) >= 11 is 0. The SMILES string of the molecule is O=C(CC1CCOC1)N1CCN(c2cc(=O)cc[nH]2)CC1. The molecule has 1 aromatic rings. The van der Waals surface area contributed by atoms with Crippen LogP contribution in [0.1, 0.15) is 12.8 Å². The molecule has 2 saturated heterocycles. The van der Waals surface area contributed by atoms with Crippen molar-refractivity contribution in [1.29, 1.82) is 0 Å². The number of hydrogen-bond acceptors (Lipinski definition) is 4. The van der Waals surface area contributed by atoms with Gasteiger partial charge < -0.3 is 19.5 Å². The fourth-order valence-corrected chi connectivity index (χ4v) is 2.93. The van der Waals surface area contributed by atoms with Gasteiger partial charge in [-0.05, 0) is 12.3 Å². The van der Waals surface area contributed by atoms with Crippen LogP contribution in [0.15, 0.2) is 23.1 Å². The summed E-state index contributed by atoms with van der Waals surface area (Å²) in [6, 6.07) is 3.11. The van der Waals surface area contributed by atoms with E-state index in [2.05, 4.69) is 9.88 Å². The molecule has 6 nitrogen and oxygen atoms in total. The second kappa shape index (κ2) is 6.30. The lowest BCUT2D eigenvalue weighted by Crippen LogP contribution is -2.49. The summed E-state index contributed by atoms with van der Waals surface area (Å²) in [4.78, 5) is 30.8. The number of aromatic amines is 1. The predicted octanol–water partition coefficient (Wildman–Crippen LogP) is 0.450. The molecule has 114 valence electrons. The van der Waals surface area contributed by atoms with Gasteiger partial charge in [-0.3, -0.25) is 9.59 Å². The maximum absolute atomic E-state index is 12.2. The number of carbonyl (C=O) groups excluding carboxylic acids is 1. The molecule has 0 aromatic carbocycles. The Balaban J connectivity index is 1.52. The van der Waals surface area contributed by atoms with Crippen molar-refractivity contribution in [3.8, 4) is 0 Å². The van der Waals surface area contributed by atoms with Crippen molar-refractivity contribution in [1.82, 2.24) is 9.88 Å². The van der Waals surface area contributed by atoms with Crippen LogP contribution in [-0.4, -0.2) is 55.2 Å². The van der Waals surface area contributed by atoms with Gasteiger partial charge >= 0.3 is 0 Å². The molecule has 1 amide bonds. The van der Waals surface area contributed by atoms with Crippen LogP contribution in [0.2, 0.25) is 0 Å². The van der Waals surface area contributed by atoms with E-state index in [-0.39, 0.29) is 11.3 Å². The van der Waals surface area contributed by atoms with Crippen LogP contribution in [-0.2, 0) is 9.53 Å². The van der Waals surface area contributed by atoms with E-state index in [1.54, 1.807) is 12.3 Å². The summed E-state index contributed by atoms with van der Waals surface area (Å²) in [5.74, 6) is 1.45. The molecule has 1 aromatic heterocycles. The Morgan fingerprint density at radius 2 is 2.14 bits per heavy atom. The van der Waals surface area contributed by atoms with Crippen molar-refractivity contribution in [2.75, 3.05) is 44.3 Å². The Kier molecular flexibility index (Phi) is 4.24. The molecule has 6 heteroatoms. The summed E-state index contributed by atoms with van der Waals surface area (Å²) in [6.45, 7) is 4.44. The summed E-state index contributed by atoms with van der Waals surface area (Å²) in [5, 5.41) is 0. The second-order valence-electron chi connectivity index (χ2n) is 5.71. The molecular formula is C15H21N3O3. The van der Waals surface area contributed by atoms with Gasteiger partial charge in [-0.15, -0.1) is 0 Å². The summed E-state index contributed by atoms with van der Waals surface area (Å²) in [5.41, 5.74) is 0.00323. The minimum Gasteiger partial charge on any atom is -0.381 e. The molecule has 1 unspecified atom stereocenters. The summed E-state index contributed by atoms with van der Waals surface area (Å²) < 4.78 is 5.32. The fourth-order valence-electron chi connectivity index (χ4n) is 2.93. The van der Waals surface area contributed by atoms with Gasteiger partial charge in [0.05, 0.1) is 0 Å². The van der Waals surface area contributed by atoms with Crippen molar-refractivity contribution in [3.63, 3.8) is 0 Å². The number of rotatable bonds is 3. The van der Waals surface area contributed by atoms with E-state index in [0.29, 0.717) is 25.4 Å². The molecule has 2 aliphatic rings. The molecule has 0 bridgehead atoms. The zero-order valence-electron chi connectivity index (χ0n) is 12.1. The average molecular weight is 291 g/mol. The first-order valence-corrected chi connectivity index (χ1v) is 7.51. The number of H-pyrrole nitrogens is 1. The third-order valence-electron chi connectivity index (χ3n) is 4.22. The number of pyridine rings is 1. The molecule has 3 rings (SSSR count). The van der Waals surface area contributed by atoms with E-state index in [0.717, 1.165) is 38.5 Å². The summed E-state index contributed by atoms with van der Waals surface area (Å²) in [7, 11) is 0. The lowest BCUT2D eigenvalue weighted by molar-refractivity contribution is -0.132. The zero-order chi connectivity index (χ0) is 14.7. The molecule has 0 spiro atoms. The van der Waals surface area contributed by atoms with Gasteiger partial charge in [0.25, 0.3) is 0 Å². The van der Waals surface area contributed by atoms with Crippen LogP contribution in [0.4, 0.5) is 5.82 Å². The Bertz CT molecular complexity index is 543. The molecule has 2 fully saturated rings. The van der Waals surface area contributed by atoms with E-state index in [1.807, 2.05) is 4.90 Å². The Morgan fingerprint density at radius 3 is 2.81 bits per heavy atom. The van der Waals surface area contributed by atoms with Crippen molar-refractivity contribution >= 4 is 11.7 Å². The maximum Gasteiger partial charge on any atom is 0.223 e. The zero-order valence-corrected chi connectivity index (χ0v) is 12.1. The molecule has 1 N–H and O–H groups in total. The van der Waals surface area contributed by atoms with E-state index in [1.165, 1.54) is 6.07 Å². The first-order valence-electron chi connectivity index (χ1n) is 7.51. The molecule has 2 aliphatic heterocycles. The number of piperazine rings is 1. The van der Waals surface area contributed by atoms with Gasteiger partial charge in [-0.2, -0.15) is 0 Å². The minimum atomic E-state index is 0.00323. The van der Waals surface area contributed by atoms with E-state index in [4.69, 9.17) is 4.74 Å². The van der Waals surface area contributed by atoms with Gasteiger partial charge in [0.2, 0.25) is 5.91 Å². The number of hydrogen-bond donors (Lipinski definition) is 1. The number of nitrogens with one attached hydrogen (secondary N) is 1. The first kappa shape index (κ1) is 14.1. The molecule has 1 atom stereocenters. The highest BCUT2D eigenvalue weighted by Crippen LogP contribution is 2.18. The van der Waals surface area contributed by atoms with Crippen molar-refractivity contribution in [2.45, 2.75) is 12.8 Å². The largest absolute Gasteiger partial charge is 0.381 e. The highest BCUT2D eigenvalue weighted by molar-refractivity contribution is 5.76. The second-order valence-corrected chi connectivity index (χ2v) is 5.71. The Labute approximate surface area is 123 Å². The first-order chi connectivity index (χ1) is 10.2. The topological polar surface area (TPSA) is 65.6 Å². The van der Waals surface area contributed by atoms with E-state index < -0.39 is 0 Å². The minimum absolute atomic E-state index is 0.00323. The Morgan fingerprint density at radius 1 is 1.33 bits per heavy atom. The van der Waals surface area contributed by atoms with E-state index >= 15 is 0 Å². The third-order valence-corrected chi connectivity index (χ3v) is 4.22. The third kappa shape index (κ3) is 3.44. The normalized spacial score (nSPS) is 22.6. The van der Waals surface area contributed by atoms with Gasteiger partial charge in [0, 0.05) is 64.1 Å². The van der Waals surface area contributed by atoms with E-state index in [9.17, 15) is 9.59 Å². The molecule has 21 heavy (non-hydrogen) atoms. The van der Waals surface area contributed by atoms with Gasteiger partial charge in [0.15, 0.2) is 5.43 Å². The molecular weight excluding hydrogens is 270 g/mol. The van der Waals surface area contributed by atoms with Gasteiger partial charge in [-0.1, -0.05) is 0 Å². The standard InChI is InChI=1S/C15H21N3O3/c19-13-1-3-16-14(10-13)17-4-6-18(7-5-17)15(20)9-12-2-8-21-11-12/h1,3,10,12H,2,4-9,11H2,(H,16,19). The maximum atomic E-state index is 12.2. The molecule has 0 aliphatic carbocycles. The lowest BCUT2D eigenvalue weighted by Gasteiger charge is -2.36. The van der Waals surface area contributed by atoms with Crippen LogP contribution < -0.4 is 10.3 Å². The van der Waals surface area contributed by atoms with Crippen molar-refractivity contribution in [3.05, 3.63) is 28.6 Å². The van der Waals surface area contributed by atoms with Crippen LogP contribution in [0.25, 0.3) is 0 Å². The quantitative estimate of drug-likeness (QED) is 0.878. The number of ether oxygens (including phenoxy) is 1. The molecule has 0 saturated carbocycles. The fraction of sp³-hybridized carbons (Fsp3) is 0.600. The highest BCUT2D eigenvalue weighted by atomic mass is 16.5. The average Bonchev–Trinajstić information content (AvgIpc) is 3.00. The lowest BCUT2D eigenvalue weighted by atomic mass is 10.0. The van der Waals surface area contributed by atoms with Crippen LogP contribution in [0.5, 0.6) is 0 Å². The molecule has 0 radical (unpaired) electrons. The Hall–Kier alpha value is -1.82. The van der Waals surface area contributed by atoms with Crippen LogP contribution in [0, 0.1) is 5.92 Å². The monoisotopic (exact) mass is 291 g/mol. The number of anilines is 1. The predicted molar refractivity (Wildman–Crippen MR) is 79.4 cm³/mol. The number of amides is 1. The summed E-state index contributed by atoms with van der Waals surface area (Å²) in [6.07, 6.45) is 3.26. The highest BCUT2D eigenvalue weighted by Gasteiger charge is 2.25. The number of nitrogens with zero attached hydrogens (tertiary/aromatic N) is 2.